The molecule has 1 aromatic rings. The van der Waals surface area contributed by atoms with Crippen LogP contribution in [0.3, 0.4) is 0 Å². The zero-order chi connectivity index (χ0) is 14.6. The summed E-state index contributed by atoms with van der Waals surface area (Å²) in [5.41, 5.74) is 0.851. The Morgan fingerprint density at radius 1 is 1.43 bits per heavy atom. The minimum atomic E-state index is -0.529. The number of amides is 1. The molecule has 1 aliphatic rings. The molecule has 0 atom stereocenters. The molecule has 21 heavy (non-hydrogen) atoms. The molecule has 1 heterocycles. The molecule has 1 fully saturated rings. The van der Waals surface area contributed by atoms with Crippen LogP contribution in [0.1, 0.15) is 18.4 Å². The van der Waals surface area contributed by atoms with E-state index < -0.39 is 5.41 Å². The molecule has 1 aromatic carbocycles. The molecule has 0 unspecified atom stereocenters. The summed E-state index contributed by atoms with van der Waals surface area (Å²) >= 11 is 0. The van der Waals surface area contributed by atoms with Crippen molar-refractivity contribution in [1.29, 1.82) is 0 Å². The Balaban J connectivity index is 0.00000220. The third kappa shape index (κ3) is 4.15. The Morgan fingerprint density at radius 3 is 2.71 bits per heavy atom. The van der Waals surface area contributed by atoms with Gasteiger partial charge in [0.05, 0.1) is 12.0 Å². The highest BCUT2D eigenvalue weighted by molar-refractivity contribution is 5.96. The fourth-order valence-corrected chi connectivity index (χ4v) is 2.60. The number of halogens is 2. The van der Waals surface area contributed by atoms with E-state index in [1.165, 1.54) is 12.1 Å². The van der Waals surface area contributed by atoms with Gasteiger partial charge in [-0.15, -0.1) is 12.4 Å². The van der Waals surface area contributed by atoms with Gasteiger partial charge in [0.25, 0.3) is 0 Å². The normalized spacial score (nSPS) is 16.9. The Labute approximate surface area is 130 Å². The molecule has 1 amide bonds. The molecule has 0 aliphatic carbocycles. The summed E-state index contributed by atoms with van der Waals surface area (Å²) in [7, 11) is 1.60. The van der Waals surface area contributed by atoms with E-state index in [1.807, 2.05) is 6.92 Å². The Bertz CT molecular complexity index is 485. The lowest BCUT2D eigenvalue weighted by atomic mass is 9.78. The molecule has 0 aromatic heterocycles. The Hall–Kier alpha value is -1.17. The van der Waals surface area contributed by atoms with Crippen molar-refractivity contribution in [3.63, 3.8) is 0 Å². The molecule has 1 saturated heterocycles. The van der Waals surface area contributed by atoms with Crippen molar-refractivity contribution in [3.05, 3.63) is 29.6 Å². The smallest absolute Gasteiger partial charge is 0.233 e. The maximum atomic E-state index is 13.3. The Morgan fingerprint density at radius 2 is 2.10 bits per heavy atom. The SMILES string of the molecule is COCC1(C(=O)Nc2cc(F)ccc2C)CCNCC1.Cl. The van der Waals surface area contributed by atoms with Gasteiger partial charge < -0.3 is 15.4 Å². The second-order valence-electron chi connectivity index (χ2n) is 5.38. The zero-order valence-corrected chi connectivity index (χ0v) is 13.2. The van der Waals surface area contributed by atoms with E-state index in [4.69, 9.17) is 4.74 Å². The lowest BCUT2D eigenvalue weighted by Gasteiger charge is -2.35. The molecule has 2 rings (SSSR count). The van der Waals surface area contributed by atoms with Crippen LogP contribution in [0.15, 0.2) is 18.2 Å². The van der Waals surface area contributed by atoms with E-state index in [2.05, 4.69) is 10.6 Å². The minimum absolute atomic E-state index is 0. The van der Waals surface area contributed by atoms with Crippen molar-refractivity contribution in [2.24, 2.45) is 5.41 Å². The second-order valence-corrected chi connectivity index (χ2v) is 5.38. The van der Waals surface area contributed by atoms with Gasteiger partial charge in [0, 0.05) is 12.8 Å². The predicted octanol–water partition coefficient (Wildman–Crippen LogP) is 2.51. The largest absolute Gasteiger partial charge is 0.384 e. The molecule has 4 nitrogen and oxygen atoms in total. The highest BCUT2D eigenvalue weighted by atomic mass is 35.5. The number of methoxy groups -OCH3 is 1. The monoisotopic (exact) mass is 316 g/mol. The van der Waals surface area contributed by atoms with Crippen LogP contribution in [0.2, 0.25) is 0 Å². The number of ether oxygens (including phenoxy) is 1. The van der Waals surface area contributed by atoms with E-state index in [9.17, 15) is 9.18 Å². The predicted molar refractivity (Wildman–Crippen MR) is 83.4 cm³/mol. The third-order valence-electron chi connectivity index (χ3n) is 3.91. The highest BCUT2D eigenvalue weighted by Crippen LogP contribution is 2.31. The van der Waals surface area contributed by atoms with Crippen LogP contribution in [0.5, 0.6) is 0 Å². The molecule has 0 spiro atoms. The first-order chi connectivity index (χ1) is 9.57. The number of anilines is 1. The average molecular weight is 317 g/mol. The van der Waals surface area contributed by atoms with Gasteiger partial charge in [0.15, 0.2) is 0 Å². The lowest BCUT2D eigenvalue weighted by molar-refractivity contribution is -0.130. The summed E-state index contributed by atoms with van der Waals surface area (Å²) in [6.07, 6.45) is 1.45. The molecular weight excluding hydrogens is 295 g/mol. The first kappa shape index (κ1) is 17.9. The van der Waals surface area contributed by atoms with Crippen molar-refractivity contribution in [2.45, 2.75) is 19.8 Å². The van der Waals surface area contributed by atoms with Crippen LogP contribution in [0.25, 0.3) is 0 Å². The van der Waals surface area contributed by atoms with Crippen molar-refractivity contribution in [3.8, 4) is 0 Å². The Kier molecular flexibility index (Phi) is 6.58. The first-order valence-corrected chi connectivity index (χ1v) is 6.85. The van der Waals surface area contributed by atoms with Crippen LogP contribution in [-0.2, 0) is 9.53 Å². The number of benzene rings is 1. The highest BCUT2D eigenvalue weighted by Gasteiger charge is 2.39. The topological polar surface area (TPSA) is 50.4 Å². The fourth-order valence-electron chi connectivity index (χ4n) is 2.60. The molecule has 1 aliphatic heterocycles. The van der Waals surface area contributed by atoms with Gasteiger partial charge in [-0.3, -0.25) is 4.79 Å². The summed E-state index contributed by atoms with van der Waals surface area (Å²) in [4.78, 5) is 12.6. The van der Waals surface area contributed by atoms with E-state index in [0.717, 1.165) is 31.5 Å². The molecule has 2 N–H and O–H groups in total. The first-order valence-electron chi connectivity index (χ1n) is 6.85. The lowest BCUT2D eigenvalue weighted by Crippen LogP contribution is -2.47. The summed E-state index contributed by atoms with van der Waals surface area (Å²) in [6, 6.07) is 4.41. The summed E-state index contributed by atoms with van der Waals surface area (Å²) in [5.74, 6) is -0.438. The number of aryl methyl sites for hydroxylation is 1. The summed E-state index contributed by atoms with van der Waals surface area (Å²) < 4.78 is 18.5. The van der Waals surface area contributed by atoms with Crippen LogP contribution in [-0.4, -0.2) is 32.7 Å². The van der Waals surface area contributed by atoms with Gasteiger partial charge in [-0.25, -0.2) is 4.39 Å². The molecule has 0 saturated carbocycles. The fraction of sp³-hybridized carbons (Fsp3) is 0.533. The van der Waals surface area contributed by atoms with Crippen LogP contribution < -0.4 is 10.6 Å². The van der Waals surface area contributed by atoms with Crippen molar-refractivity contribution >= 4 is 24.0 Å². The molecule has 6 heteroatoms. The standard InChI is InChI=1S/C15H21FN2O2.ClH/c1-11-3-4-12(16)9-13(11)18-14(19)15(10-20-2)5-7-17-8-6-15;/h3-4,9,17H,5-8,10H2,1-2H3,(H,18,19);1H. The quantitative estimate of drug-likeness (QED) is 0.897. The zero-order valence-electron chi connectivity index (χ0n) is 12.4. The van der Waals surface area contributed by atoms with Gasteiger partial charge in [-0.1, -0.05) is 6.07 Å². The number of nitrogens with one attached hydrogen (secondary N) is 2. The van der Waals surface area contributed by atoms with E-state index in [1.54, 1.807) is 13.2 Å². The van der Waals surface area contributed by atoms with Gasteiger partial charge >= 0.3 is 0 Å². The van der Waals surface area contributed by atoms with Crippen LogP contribution in [0.4, 0.5) is 10.1 Å². The van der Waals surface area contributed by atoms with E-state index in [0.29, 0.717) is 12.3 Å². The molecule has 118 valence electrons. The van der Waals surface area contributed by atoms with E-state index >= 15 is 0 Å². The second kappa shape index (κ2) is 7.73. The summed E-state index contributed by atoms with van der Waals surface area (Å²) in [5, 5.41) is 6.10. The third-order valence-corrected chi connectivity index (χ3v) is 3.91. The molecule has 0 radical (unpaired) electrons. The van der Waals surface area contributed by atoms with Crippen molar-refractivity contribution in [1.82, 2.24) is 5.32 Å². The average Bonchev–Trinajstić information content (AvgIpc) is 2.44. The number of carbonyl (C=O) groups is 1. The van der Waals surface area contributed by atoms with Crippen LogP contribution >= 0.6 is 12.4 Å². The maximum absolute atomic E-state index is 13.3. The maximum Gasteiger partial charge on any atom is 0.233 e. The van der Waals surface area contributed by atoms with E-state index in [-0.39, 0.29) is 24.1 Å². The molecule has 0 bridgehead atoms. The number of hydrogen-bond acceptors (Lipinski definition) is 3. The van der Waals surface area contributed by atoms with Crippen molar-refractivity contribution in [2.75, 3.05) is 32.1 Å². The number of piperidine rings is 1. The number of hydrogen-bond donors (Lipinski definition) is 2. The van der Waals surface area contributed by atoms with Gasteiger partial charge in [-0.2, -0.15) is 0 Å². The molecular formula is C15H22ClFN2O2. The van der Waals surface area contributed by atoms with Crippen LogP contribution in [0, 0.1) is 18.2 Å². The number of rotatable bonds is 4. The van der Waals surface area contributed by atoms with Gasteiger partial charge in [0.2, 0.25) is 5.91 Å². The van der Waals surface area contributed by atoms with Gasteiger partial charge in [0.1, 0.15) is 5.82 Å². The number of carbonyl (C=O) groups excluding carboxylic acids is 1. The summed E-state index contributed by atoms with van der Waals surface area (Å²) in [6.45, 7) is 3.81. The minimum Gasteiger partial charge on any atom is -0.384 e. The van der Waals surface area contributed by atoms with Crippen molar-refractivity contribution < 1.29 is 13.9 Å². The van der Waals surface area contributed by atoms with Gasteiger partial charge in [-0.05, 0) is 50.6 Å².